The number of nitrogens with one attached hydrogen (secondary N) is 1. The predicted octanol–water partition coefficient (Wildman–Crippen LogP) is 2.43. The van der Waals surface area contributed by atoms with Crippen molar-refractivity contribution in [2.24, 2.45) is 7.05 Å². The first-order valence-corrected chi connectivity index (χ1v) is 9.68. The van der Waals surface area contributed by atoms with Crippen LogP contribution in [0.1, 0.15) is 45.0 Å². The topological polar surface area (TPSA) is 70.5 Å². The Bertz CT molecular complexity index is 888. The zero-order valence-electron chi connectivity index (χ0n) is 16.2. The highest BCUT2D eigenvalue weighted by atomic mass is 16.2. The van der Waals surface area contributed by atoms with Gasteiger partial charge in [-0.15, -0.1) is 0 Å². The summed E-state index contributed by atoms with van der Waals surface area (Å²) in [5, 5.41) is 2.74. The zero-order valence-corrected chi connectivity index (χ0v) is 16.2. The van der Waals surface area contributed by atoms with Crippen LogP contribution in [-0.4, -0.2) is 56.5 Å². The number of para-hydroxylation sites is 2. The molecule has 1 N–H and O–H groups in total. The van der Waals surface area contributed by atoms with Crippen LogP contribution < -0.4 is 5.32 Å². The van der Waals surface area contributed by atoms with E-state index >= 15 is 0 Å². The van der Waals surface area contributed by atoms with Crippen molar-refractivity contribution >= 4 is 23.0 Å². The maximum absolute atomic E-state index is 12.3. The van der Waals surface area contributed by atoms with Crippen molar-refractivity contribution in [2.45, 2.75) is 44.7 Å². The highest BCUT2D eigenvalue weighted by Crippen LogP contribution is 2.33. The van der Waals surface area contributed by atoms with Crippen molar-refractivity contribution in [3.05, 3.63) is 30.1 Å². The van der Waals surface area contributed by atoms with Gasteiger partial charge in [0.1, 0.15) is 11.4 Å². The van der Waals surface area contributed by atoms with Gasteiger partial charge in [0.25, 0.3) is 5.91 Å². The third-order valence-electron chi connectivity index (χ3n) is 5.75. The van der Waals surface area contributed by atoms with Crippen LogP contribution in [0, 0.1) is 0 Å². The highest BCUT2D eigenvalue weighted by molar-refractivity contribution is 6.06. The molecule has 0 radical (unpaired) electrons. The van der Waals surface area contributed by atoms with Crippen LogP contribution in [0.5, 0.6) is 0 Å². The average Bonchev–Trinajstić information content (AvgIpc) is 3.27. The SMILES string of the molecule is Cn1c([C@@H]2CCCN2CCCN2C(=O)NC(C)(C)C2=O)nc2ccccc21. The number of aromatic nitrogens is 2. The summed E-state index contributed by atoms with van der Waals surface area (Å²) in [5.74, 6) is 0.964. The van der Waals surface area contributed by atoms with Crippen LogP contribution in [0.4, 0.5) is 4.79 Å². The van der Waals surface area contributed by atoms with Gasteiger partial charge in [-0.3, -0.25) is 14.6 Å². The summed E-state index contributed by atoms with van der Waals surface area (Å²) in [4.78, 5) is 33.0. The molecule has 7 nitrogen and oxygen atoms in total. The number of imide groups is 1. The van der Waals surface area contributed by atoms with Gasteiger partial charge in [0.15, 0.2) is 0 Å². The van der Waals surface area contributed by atoms with Gasteiger partial charge in [-0.05, 0) is 51.8 Å². The Hall–Kier alpha value is -2.41. The second-order valence-corrected chi connectivity index (χ2v) is 8.08. The van der Waals surface area contributed by atoms with E-state index in [1.165, 1.54) is 4.90 Å². The number of fused-ring (bicyclic) bond motifs is 1. The van der Waals surface area contributed by atoms with E-state index in [-0.39, 0.29) is 11.9 Å². The summed E-state index contributed by atoms with van der Waals surface area (Å²) in [5.41, 5.74) is 1.39. The fourth-order valence-corrected chi connectivity index (χ4v) is 4.30. The second kappa shape index (κ2) is 6.64. The fraction of sp³-hybridized carbons (Fsp3) is 0.550. The number of carbonyl (C=O) groups excluding carboxylic acids is 2. The number of rotatable bonds is 5. The molecule has 144 valence electrons. The summed E-state index contributed by atoms with van der Waals surface area (Å²) in [6.07, 6.45) is 3.01. The summed E-state index contributed by atoms with van der Waals surface area (Å²) in [7, 11) is 2.08. The third-order valence-corrected chi connectivity index (χ3v) is 5.75. The Labute approximate surface area is 159 Å². The molecule has 0 aliphatic carbocycles. The van der Waals surface area contributed by atoms with Crippen molar-refractivity contribution < 1.29 is 9.59 Å². The number of likely N-dealkylation sites (tertiary alicyclic amines) is 1. The monoisotopic (exact) mass is 369 g/mol. The number of urea groups is 1. The third kappa shape index (κ3) is 3.10. The van der Waals surface area contributed by atoms with Gasteiger partial charge in [-0.2, -0.15) is 0 Å². The first-order chi connectivity index (χ1) is 12.9. The quantitative estimate of drug-likeness (QED) is 0.822. The van der Waals surface area contributed by atoms with Crippen LogP contribution in [0.2, 0.25) is 0 Å². The lowest BCUT2D eigenvalue weighted by molar-refractivity contribution is -0.130. The van der Waals surface area contributed by atoms with E-state index in [1.54, 1.807) is 13.8 Å². The van der Waals surface area contributed by atoms with E-state index in [0.29, 0.717) is 12.6 Å². The van der Waals surface area contributed by atoms with Gasteiger partial charge in [0.05, 0.1) is 17.1 Å². The van der Waals surface area contributed by atoms with Gasteiger partial charge in [-0.1, -0.05) is 12.1 Å². The van der Waals surface area contributed by atoms with E-state index in [0.717, 1.165) is 49.2 Å². The molecule has 0 unspecified atom stereocenters. The Balaban J connectivity index is 1.43. The molecule has 2 fully saturated rings. The molecule has 1 aromatic heterocycles. The predicted molar refractivity (Wildman–Crippen MR) is 103 cm³/mol. The first kappa shape index (κ1) is 18.0. The van der Waals surface area contributed by atoms with Crippen molar-refractivity contribution in [3.8, 4) is 0 Å². The minimum atomic E-state index is -0.791. The maximum atomic E-state index is 12.3. The Morgan fingerprint density at radius 3 is 2.70 bits per heavy atom. The first-order valence-electron chi connectivity index (χ1n) is 9.68. The standard InChI is InChI=1S/C20H27N5O2/c1-20(2)18(26)25(19(27)22-20)13-7-12-24-11-6-10-16(24)17-21-14-8-4-5-9-15(14)23(17)3/h4-5,8-9,16H,6-7,10-13H2,1-3H3,(H,22,27)/t16-/m0/s1. The van der Waals surface area contributed by atoms with Gasteiger partial charge in [0, 0.05) is 20.1 Å². The van der Waals surface area contributed by atoms with Gasteiger partial charge >= 0.3 is 6.03 Å². The number of hydrogen-bond donors (Lipinski definition) is 1. The zero-order chi connectivity index (χ0) is 19.2. The van der Waals surface area contributed by atoms with E-state index in [1.807, 2.05) is 12.1 Å². The van der Waals surface area contributed by atoms with Crippen LogP contribution in [-0.2, 0) is 11.8 Å². The molecule has 0 saturated carbocycles. The largest absolute Gasteiger partial charge is 0.330 e. The van der Waals surface area contributed by atoms with Crippen molar-refractivity contribution in [2.75, 3.05) is 19.6 Å². The van der Waals surface area contributed by atoms with Crippen LogP contribution in [0.15, 0.2) is 24.3 Å². The average molecular weight is 369 g/mol. The number of benzene rings is 1. The Morgan fingerprint density at radius 1 is 1.22 bits per heavy atom. The summed E-state index contributed by atoms with van der Waals surface area (Å²) >= 11 is 0. The molecule has 7 heteroatoms. The number of carbonyl (C=O) groups is 2. The lowest BCUT2D eigenvalue weighted by Gasteiger charge is -2.25. The molecular weight excluding hydrogens is 342 g/mol. The van der Waals surface area contributed by atoms with Gasteiger partial charge in [-0.25, -0.2) is 9.78 Å². The van der Waals surface area contributed by atoms with Crippen LogP contribution in [0.25, 0.3) is 11.0 Å². The van der Waals surface area contributed by atoms with Gasteiger partial charge < -0.3 is 9.88 Å². The van der Waals surface area contributed by atoms with Crippen molar-refractivity contribution in [1.82, 2.24) is 24.7 Å². The smallest absolute Gasteiger partial charge is 0.325 e. The van der Waals surface area contributed by atoms with E-state index < -0.39 is 5.54 Å². The van der Waals surface area contributed by atoms with Gasteiger partial charge in [0.2, 0.25) is 0 Å². The molecule has 2 saturated heterocycles. The fourth-order valence-electron chi connectivity index (χ4n) is 4.30. The minimum Gasteiger partial charge on any atom is -0.330 e. The summed E-state index contributed by atoms with van der Waals surface area (Å²) in [6, 6.07) is 8.23. The maximum Gasteiger partial charge on any atom is 0.325 e. The molecule has 27 heavy (non-hydrogen) atoms. The molecule has 4 rings (SSSR count). The number of imidazole rings is 1. The van der Waals surface area contributed by atoms with E-state index in [4.69, 9.17) is 4.98 Å². The lowest BCUT2D eigenvalue weighted by Crippen LogP contribution is -2.40. The second-order valence-electron chi connectivity index (χ2n) is 8.08. The van der Waals surface area contributed by atoms with Crippen molar-refractivity contribution in [3.63, 3.8) is 0 Å². The molecule has 2 aromatic rings. The molecule has 1 aromatic carbocycles. The molecule has 3 heterocycles. The number of aryl methyl sites for hydroxylation is 1. The van der Waals surface area contributed by atoms with E-state index in [9.17, 15) is 9.59 Å². The number of nitrogens with zero attached hydrogens (tertiary/aromatic N) is 4. The normalized spacial score (nSPS) is 22.8. The molecule has 0 spiro atoms. The minimum absolute atomic E-state index is 0.138. The molecule has 2 aliphatic heterocycles. The van der Waals surface area contributed by atoms with Crippen LogP contribution >= 0.6 is 0 Å². The summed E-state index contributed by atoms with van der Waals surface area (Å²) < 4.78 is 2.19. The molecule has 2 aliphatic rings. The Morgan fingerprint density at radius 2 is 2.00 bits per heavy atom. The lowest BCUT2D eigenvalue weighted by atomic mass is 10.1. The molecule has 3 amide bonds. The molecule has 0 bridgehead atoms. The highest BCUT2D eigenvalue weighted by Gasteiger charge is 2.43. The summed E-state index contributed by atoms with van der Waals surface area (Å²) in [6.45, 7) is 5.83. The number of amides is 3. The van der Waals surface area contributed by atoms with Crippen molar-refractivity contribution in [1.29, 1.82) is 0 Å². The van der Waals surface area contributed by atoms with Crippen LogP contribution in [0.3, 0.4) is 0 Å². The molecule has 1 atom stereocenters. The van der Waals surface area contributed by atoms with E-state index in [2.05, 4.69) is 34.0 Å². The Kier molecular flexibility index (Phi) is 4.42. The number of hydrogen-bond acceptors (Lipinski definition) is 4. The molecular formula is C20H27N5O2.